The van der Waals surface area contributed by atoms with E-state index in [1.165, 1.54) is 11.2 Å². The summed E-state index contributed by atoms with van der Waals surface area (Å²) in [4.78, 5) is 30.1. The summed E-state index contributed by atoms with van der Waals surface area (Å²) in [5.74, 6) is -0.509. The summed E-state index contributed by atoms with van der Waals surface area (Å²) in [5.41, 5.74) is 3.02. The smallest absolute Gasteiger partial charge is 0.341 e. The zero-order chi connectivity index (χ0) is 18.1. The fourth-order valence-corrected chi connectivity index (χ4v) is 3.27. The maximum Gasteiger partial charge on any atom is 0.341 e. The Morgan fingerprint density at radius 2 is 2.08 bits per heavy atom. The van der Waals surface area contributed by atoms with Crippen LogP contribution in [0.4, 0.5) is 0 Å². The minimum atomic E-state index is -0.459. The van der Waals surface area contributed by atoms with Crippen LogP contribution in [0.5, 0.6) is 0 Å². The summed E-state index contributed by atoms with van der Waals surface area (Å²) in [6, 6.07) is 11.2. The molecule has 6 heteroatoms. The van der Waals surface area contributed by atoms with Crippen LogP contribution >= 0.6 is 0 Å². The summed E-state index contributed by atoms with van der Waals surface area (Å²) in [6.07, 6.45) is 3.63. The molecule has 2 aromatic heterocycles. The predicted molar refractivity (Wildman–Crippen MR) is 96.4 cm³/mol. The minimum Gasteiger partial charge on any atom is -0.462 e. The first-order valence-electron chi connectivity index (χ1n) is 8.52. The topological polar surface area (TPSA) is 75.5 Å². The fraction of sp³-hybridized carbons (Fsp3) is 0.200. The van der Waals surface area contributed by atoms with Crippen LogP contribution in [-0.2, 0) is 16.0 Å². The van der Waals surface area contributed by atoms with Crippen LogP contribution in [0.2, 0.25) is 0 Å². The van der Waals surface area contributed by atoms with Gasteiger partial charge in [0.2, 0.25) is 0 Å². The Balaban J connectivity index is 1.82. The molecule has 26 heavy (non-hydrogen) atoms. The van der Waals surface area contributed by atoms with Crippen LogP contribution in [0.25, 0.3) is 16.5 Å². The Morgan fingerprint density at radius 1 is 1.23 bits per heavy atom. The van der Waals surface area contributed by atoms with Crippen molar-refractivity contribution in [2.24, 2.45) is 0 Å². The second-order valence-electron chi connectivity index (χ2n) is 6.01. The third-order valence-electron chi connectivity index (χ3n) is 4.46. The lowest BCUT2D eigenvalue weighted by molar-refractivity contribution is -0.136. The van der Waals surface area contributed by atoms with E-state index in [0.29, 0.717) is 24.2 Å². The van der Waals surface area contributed by atoms with E-state index in [1.54, 1.807) is 25.3 Å². The van der Waals surface area contributed by atoms with Crippen LogP contribution < -0.4 is 0 Å². The number of amides is 1. The first-order chi connectivity index (χ1) is 12.7. The zero-order valence-corrected chi connectivity index (χ0v) is 14.3. The van der Waals surface area contributed by atoms with E-state index in [-0.39, 0.29) is 18.3 Å². The maximum absolute atomic E-state index is 12.7. The Labute approximate surface area is 150 Å². The van der Waals surface area contributed by atoms with Gasteiger partial charge >= 0.3 is 5.97 Å². The fourth-order valence-electron chi connectivity index (χ4n) is 3.27. The quantitative estimate of drug-likeness (QED) is 0.735. The van der Waals surface area contributed by atoms with Crippen molar-refractivity contribution in [2.45, 2.75) is 13.3 Å². The van der Waals surface area contributed by atoms with Crippen molar-refractivity contribution < 1.29 is 18.7 Å². The number of aromatic amines is 1. The predicted octanol–water partition coefficient (Wildman–Crippen LogP) is 3.36. The number of hydrogen-bond acceptors (Lipinski definition) is 4. The summed E-state index contributed by atoms with van der Waals surface area (Å²) in [7, 11) is 0. The highest BCUT2D eigenvalue weighted by Crippen LogP contribution is 2.31. The molecule has 4 rings (SSSR count). The Bertz CT molecular complexity index is 998. The van der Waals surface area contributed by atoms with Gasteiger partial charge in [0, 0.05) is 23.6 Å². The molecule has 1 amide bonds. The van der Waals surface area contributed by atoms with Crippen molar-refractivity contribution >= 4 is 28.4 Å². The molecular formula is C20H18N2O4. The molecule has 6 nitrogen and oxygen atoms in total. The lowest BCUT2D eigenvalue weighted by Crippen LogP contribution is -2.27. The van der Waals surface area contributed by atoms with E-state index in [1.807, 2.05) is 24.3 Å². The average molecular weight is 350 g/mol. The van der Waals surface area contributed by atoms with Gasteiger partial charge in [-0.3, -0.25) is 4.79 Å². The first-order valence-corrected chi connectivity index (χ1v) is 8.52. The number of para-hydroxylation sites is 1. The second-order valence-corrected chi connectivity index (χ2v) is 6.01. The highest BCUT2D eigenvalue weighted by atomic mass is 16.5. The van der Waals surface area contributed by atoms with E-state index in [4.69, 9.17) is 9.15 Å². The van der Waals surface area contributed by atoms with Gasteiger partial charge in [-0.2, -0.15) is 0 Å². The molecule has 1 N–H and O–H groups in total. The molecule has 3 aromatic rings. The lowest BCUT2D eigenvalue weighted by Gasteiger charge is -2.16. The average Bonchev–Trinajstić information content (AvgIpc) is 3.26. The van der Waals surface area contributed by atoms with Gasteiger partial charge in [0.05, 0.1) is 24.1 Å². The van der Waals surface area contributed by atoms with E-state index in [2.05, 4.69) is 4.98 Å². The van der Waals surface area contributed by atoms with Gasteiger partial charge in [0.25, 0.3) is 5.91 Å². The molecule has 0 fully saturated rings. The Hall–Kier alpha value is -3.28. The van der Waals surface area contributed by atoms with Crippen molar-refractivity contribution in [1.82, 2.24) is 9.88 Å². The molecule has 0 saturated carbocycles. The van der Waals surface area contributed by atoms with Crippen molar-refractivity contribution in [3.63, 3.8) is 0 Å². The van der Waals surface area contributed by atoms with Gasteiger partial charge in [-0.15, -0.1) is 0 Å². The number of aromatic nitrogens is 1. The largest absolute Gasteiger partial charge is 0.462 e. The summed E-state index contributed by atoms with van der Waals surface area (Å²) >= 11 is 0. The molecule has 0 radical (unpaired) electrons. The number of esters is 1. The molecule has 3 heterocycles. The minimum absolute atomic E-state index is 0.236. The second kappa shape index (κ2) is 6.55. The molecule has 0 spiro atoms. The molecule has 0 aliphatic carbocycles. The van der Waals surface area contributed by atoms with Crippen LogP contribution in [0, 0.1) is 0 Å². The number of H-pyrrole nitrogens is 1. The van der Waals surface area contributed by atoms with E-state index >= 15 is 0 Å². The number of carbonyl (C=O) groups is 2. The van der Waals surface area contributed by atoms with Gasteiger partial charge in [-0.05, 0) is 37.1 Å². The molecule has 1 aromatic carbocycles. The zero-order valence-electron chi connectivity index (χ0n) is 14.3. The number of rotatable bonds is 3. The van der Waals surface area contributed by atoms with Gasteiger partial charge in [0.15, 0.2) is 5.76 Å². The molecule has 0 atom stereocenters. The van der Waals surface area contributed by atoms with Crippen molar-refractivity contribution in [3.05, 3.63) is 65.9 Å². The number of ether oxygens (including phenoxy) is 1. The number of carbonyl (C=O) groups excluding carboxylic acids is 2. The SMILES string of the molecule is CCOC(=O)C1=CN(C(=O)c2ccco2)CCc2c1[nH]c1ccccc21. The Kier molecular flexibility index (Phi) is 4.08. The standard InChI is InChI=1S/C20H18N2O4/c1-2-25-20(24)15-12-22(19(23)17-8-5-11-26-17)10-9-14-13-6-3-4-7-16(13)21-18(14)15/h3-8,11-12,21H,2,9-10H2,1H3. The van der Waals surface area contributed by atoms with Crippen molar-refractivity contribution in [2.75, 3.05) is 13.2 Å². The number of fused-ring (bicyclic) bond motifs is 3. The number of benzene rings is 1. The molecule has 0 bridgehead atoms. The number of hydrogen-bond donors (Lipinski definition) is 1. The monoisotopic (exact) mass is 350 g/mol. The molecular weight excluding hydrogens is 332 g/mol. The van der Waals surface area contributed by atoms with Crippen LogP contribution in [-0.4, -0.2) is 34.9 Å². The van der Waals surface area contributed by atoms with Crippen LogP contribution in [0.1, 0.15) is 28.7 Å². The van der Waals surface area contributed by atoms with Gasteiger partial charge < -0.3 is 19.0 Å². The number of nitrogens with zero attached hydrogens (tertiary/aromatic N) is 1. The van der Waals surface area contributed by atoms with Crippen molar-refractivity contribution in [1.29, 1.82) is 0 Å². The lowest BCUT2D eigenvalue weighted by atomic mass is 10.0. The molecule has 1 aliphatic heterocycles. The Morgan fingerprint density at radius 3 is 2.85 bits per heavy atom. The number of furan rings is 1. The van der Waals surface area contributed by atoms with Gasteiger partial charge in [0.1, 0.15) is 0 Å². The summed E-state index contributed by atoms with van der Waals surface area (Å²) in [6.45, 7) is 2.46. The molecule has 0 unspecified atom stereocenters. The van der Waals surface area contributed by atoms with Gasteiger partial charge in [-0.1, -0.05) is 18.2 Å². The summed E-state index contributed by atoms with van der Waals surface area (Å²) in [5, 5.41) is 1.05. The van der Waals surface area contributed by atoms with Crippen LogP contribution in [0.15, 0.2) is 53.3 Å². The van der Waals surface area contributed by atoms with E-state index in [9.17, 15) is 9.59 Å². The third-order valence-corrected chi connectivity index (χ3v) is 4.46. The van der Waals surface area contributed by atoms with E-state index in [0.717, 1.165) is 16.5 Å². The number of nitrogens with one attached hydrogen (secondary N) is 1. The molecule has 132 valence electrons. The summed E-state index contributed by atoms with van der Waals surface area (Å²) < 4.78 is 10.4. The highest BCUT2D eigenvalue weighted by Gasteiger charge is 2.28. The van der Waals surface area contributed by atoms with Gasteiger partial charge in [-0.25, -0.2) is 4.79 Å². The van der Waals surface area contributed by atoms with Crippen molar-refractivity contribution in [3.8, 4) is 0 Å². The maximum atomic E-state index is 12.7. The first kappa shape index (κ1) is 16.2. The van der Waals surface area contributed by atoms with Crippen LogP contribution in [0.3, 0.4) is 0 Å². The molecule has 1 aliphatic rings. The normalized spacial score (nSPS) is 13.9. The highest BCUT2D eigenvalue weighted by molar-refractivity contribution is 6.18. The molecule has 0 saturated heterocycles. The van der Waals surface area contributed by atoms with E-state index < -0.39 is 5.97 Å². The third kappa shape index (κ3) is 2.69.